The van der Waals surface area contributed by atoms with Crippen LogP contribution in [0.1, 0.15) is 60.8 Å². The van der Waals surface area contributed by atoms with Gasteiger partial charge in [-0.05, 0) is 54.1 Å². The molecule has 1 fully saturated rings. The van der Waals surface area contributed by atoms with Crippen LogP contribution in [0.15, 0.2) is 0 Å². The van der Waals surface area contributed by atoms with Crippen LogP contribution in [0, 0.1) is 35.0 Å². The number of carbonyl (C=O) groups excluding carboxylic acids is 1. The highest BCUT2D eigenvalue weighted by atomic mass is 28.4. The molecule has 3 atom stereocenters. The third-order valence-electron chi connectivity index (χ3n) is 6.58. The van der Waals surface area contributed by atoms with Crippen LogP contribution in [0.4, 0.5) is 0 Å². The Morgan fingerprint density at radius 1 is 1.32 bits per heavy atom. The SMILES string of the molecule is COC(=O)C#CC[C@H]1[C@@H](C(C)C)CC[C@]1(C)CO[Si](C)(C)C(C)(C)C. The van der Waals surface area contributed by atoms with Gasteiger partial charge in [-0.2, -0.15) is 0 Å². The maximum Gasteiger partial charge on any atom is 0.384 e. The minimum atomic E-state index is -1.76. The maximum absolute atomic E-state index is 11.3. The van der Waals surface area contributed by atoms with E-state index >= 15 is 0 Å². The van der Waals surface area contributed by atoms with Crippen molar-refractivity contribution in [1.82, 2.24) is 0 Å². The highest BCUT2D eigenvalue weighted by molar-refractivity contribution is 6.74. The summed E-state index contributed by atoms with van der Waals surface area (Å²) < 4.78 is 11.2. The minimum absolute atomic E-state index is 0.134. The van der Waals surface area contributed by atoms with Gasteiger partial charge in [-0.15, -0.1) is 0 Å². The Morgan fingerprint density at radius 3 is 2.40 bits per heavy atom. The summed E-state index contributed by atoms with van der Waals surface area (Å²) >= 11 is 0. The highest BCUT2D eigenvalue weighted by Gasteiger charge is 2.47. The summed E-state index contributed by atoms with van der Waals surface area (Å²) in [7, 11) is -0.388. The van der Waals surface area contributed by atoms with E-state index in [0.29, 0.717) is 17.8 Å². The summed E-state index contributed by atoms with van der Waals surface area (Å²) in [5, 5.41) is 0.222. The van der Waals surface area contributed by atoms with E-state index in [4.69, 9.17) is 4.43 Å². The second-order valence-corrected chi connectivity index (χ2v) is 14.6. The predicted octanol–water partition coefficient (Wildman–Crippen LogP) is 5.26. The molecule has 0 heterocycles. The lowest BCUT2D eigenvalue weighted by molar-refractivity contribution is -0.133. The van der Waals surface area contributed by atoms with Crippen LogP contribution < -0.4 is 0 Å². The first-order chi connectivity index (χ1) is 11.3. The largest absolute Gasteiger partial charge is 0.459 e. The molecule has 0 aliphatic heterocycles. The van der Waals surface area contributed by atoms with E-state index in [2.05, 4.69) is 71.2 Å². The Morgan fingerprint density at radius 2 is 1.92 bits per heavy atom. The Balaban J connectivity index is 2.92. The zero-order valence-corrected chi connectivity index (χ0v) is 18.8. The Labute approximate surface area is 156 Å². The lowest BCUT2D eigenvalue weighted by atomic mass is 9.73. The molecule has 1 rings (SSSR count). The van der Waals surface area contributed by atoms with Crippen LogP contribution in [-0.2, 0) is 14.0 Å². The lowest BCUT2D eigenvalue weighted by Crippen LogP contribution is -2.44. The van der Waals surface area contributed by atoms with Gasteiger partial charge in [0, 0.05) is 18.9 Å². The smallest absolute Gasteiger partial charge is 0.384 e. The molecular weight excluding hydrogens is 328 g/mol. The van der Waals surface area contributed by atoms with Gasteiger partial charge in [-0.1, -0.05) is 47.5 Å². The summed E-state index contributed by atoms with van der Waals surface area (Å²) in [5.74, 6) is 6.97. The van der Waals surface area contributed by atoms with Crippen molar-refractivity contribution in [3.05, 3.63) is 0 Å². The quantitative estimate of drug-likeness (QED) is 0.288. The van der Waals surface area contributed by atoms with Crippen molar-refractivity contribution in [3.63, 3.8) is 0 Å². The second kappa shape index (κ2) is 8.27. The fourth-order valence-electron chi connectivity index (χ4n) is 3.62. The Hall–Kier alpha value is -0.793. The average Bonchev–Trinajstić information content (AvgIpc) is 2.82. The van der Waals surface area contributed by atoms with Gasteiger partial charge in [0.15, 0.2) is 8.32 Å². The molecule has 1 saturated carbocycles. The van der Waals surface area contributed by atoms with Crippen LogP contribution in [0.3, 0.4) is 0 Å². The fraction of sp³-hybridized carbons (Fsp3) is 0.857. The molecule has 25 heavy (non-hydrogen) atoms. The van der Waals surface area contributed by atoms with Gasteiger partial charge in [-0.25, -0.2) is 4.79 Å². The Kier molecular flexibility index (Phi) is 7.36. The van der Waals surface area contributed by atoms with Crippen LogP contribution >= 0.6 is 0 Å². The van der Waals surface area contributed by atoms with E-state index in [1.54, 1.807) is 0 Å². The van der Waals surface area contributed by atoms with Gasteiger partial charge in [0.05, 0.1) is 7.11 Å². The molecule has 0 N–H and O–H groups in total. The maximum atomic E-state index is 11.3. The predicted molar refractivity (Wildman–Crippen MR) is 107 cm³/mol. The van der Waals surface area contributed by atoms with E-state index in [1.165, 1.54) is 20.0 Å². The van der Waals surface area contributed by atoms with Crippen LogP contribution in [0.2, 0.25) is 18.1 Å². The number of carbonyl (C=O) groups is 1. The third-order valence-corrected chi connectivity index (χ3v) is 11.1. The highest BCUT2D eigenvalue weighted by Crippen LogP contribution is 2.52. The van der Waals surface area contributed by atoms with Crippen molar-refractivity contribution < 1.29 is 14.0 Å². The zero-order chi connectivity index (χ0) is 19.5. The van der Waals surface area contributed by atoms with Gasteiger partial charge in [0.25, 0.3) is 0 Å². The summed E-state index contributed by atoms with van der Waals surface area (Å²) in [5.41, 5.74) is 0.134. The van der Waals surface area contributed by atoms with Crippen molar-refractivity contribution in [3.8, 4) is 11.8 Å². The first-order valence-corrected chi connectivity index (χ1v) is 12.5. The average molecular weight is 367 g/mol. The number of rotatable bonds is 5. The normalized spacial score (nSPS) is 27.1. The van der Waals surface area contributed by atoms with E-state index in [0.717, 1.165) is 13.0 Å². The van der Waals surface area contributed by atoms with Crippen LogP contribution in [0.5, 0.6) is 0 Å². The van der Waals surface area contributed by atoms with Crippen molar-refractivity contribution in [2.24, 2.45) is 23.2 Å². The standard InChI is InChI=1S/C21H38O3Si/c1-16(2)17-13-14-21(6,15-24-25(8,9)20(3,4)5)18(17)11-10-12-19(22)23-7/h16-18H,11,13-15H2,1-9H3/t17-,18+,21-/m1/s1. The molecule has 144 valence electrons. The van der Waals surface area contributed by atoms with Gasteiger partial charge in [0.2, 0.25) is 0 Å². The molecule has 0 amide bonds. The molecular formula is C21H38O3Si. The molecule has 1 aliphatic rings. The second-order valence-electron chi connectivity index (χ2n) is 9.75. The van der Waals surface area contributed by atoms with Gasteiger partial charge in [-0.3, -0.25) is 0 Å². The van der Waals surface area contributed by atoms with Crippen molar-refractivity contribution in [2.75, 3.05) is 13.7 Å². The molecule has 0 spiro atoms. The minimum Gasteiger partial charge on any atom is -0.459 e. The molecule has 0 unspecified atom stereocenters. The molecule has 0 aromatic rings. The first kappa shape index (κ1) is 22.2. The molecule has 1 aliphatic carbocycles. The van der Waals surface area contributed by atoms with Gasteiger partial charge >= 0.3 is 5.97 Å². The number of esters is 1. The van der Waals surface area contributed by atoms with Crippen LogP contribution in [0.25, 0.3) is 0 Å². The molecule has 0 saturated heterocycles. The summed E-state index contributed by atoms with van der Waals surface area (Å²) in [4.78, 5) is 11.3. The fourth-order valence-corrected chi connectivity index (χ4v) is 4.74. The summed E-state index contributed by atoms with van der Waals surface area (Å²) in [6, 6.07) is 0. The van der Waals surface area contributed by atoms with Crippen LogP contribution in [-0.4, -0.2) is 28.0 Å². The molecule has 0 bridgehead atoms. The number of hydrogen-bond donors (Lipinski definition) is 0. The van der Waals surface area contributed by atoms with E-state index in [-0.39, 0.29) is 10.5 Å². The zero-order valence-electron chi connectivity index (χ0n) is 17.8. The Bertz CT molecular complexity index is 521. The third kappa shape index (κ3) is 5.59. The van der Waals surface area contributed by atoms with Crippen molar-refractivity contribution in [2.45, 2.75) is 78.9 Å². The van der Waals surface area contributed by atoms with E-state index in [1.807, 2.05) is 0 Å². The molecule has 0 aromatic carbocycles. The molecule has 3 nitrogen and oxygen atoms in total. The molecule has 4 heteroatoms. The topological polar surface area (TPSA) is 35.5 Å². The molecule has 0 radical (unpaired) electrons. The first-order valence-electron chi connectivity index (χ1n) is 9.55. The van der Waals surface area contributed by atoms with Gasteiger partial charge in [0.1, 0.15) is 0 Å². The monoisotopic (exact) mass is 366 g/mol. The summed E-state index contributed by atoms with van der Waals surface area (Å²) in [6.45, 7) is 19.2. The van der Waals surface area contributed by atoms with E-state index < -0.39 is 14.3 Å². The van der Waals surface area contributed by atoms with Gasteiger partial charge < -0.3 is 9.16 Å². The summed E-state index contributed by atoms with van der Waals surface area (Å²) in [6.07, 6.45) is 3.14. The van der Waals surface area contributed by atoms with Crippen molar-refractivity contribution in [1.29, 1.82) is 0 Å². The number of hydrogen-bond acceptors (Lipinski definition) is 3. The number of methoxy groups -OCH3 is 1. The van der Waals surface area contributed by atoms with Crippen molar-refractivity contribution >= 4 is 14.3 Å². The van der Waals surface area contributed by atoms with E-state index in [9.17, 15) is 4.79 Å². The lowest BCUT2D eigenvalue weighted by Gasteiger charge is -2.41. The number of ether oxygens (including phenoxy) is 1. The molecule has 0 aromatic heterocycles.